The molecular weight excluding hydrogens is 210 g/mol. The largest absolute Gasteiger partial charge is 0.480 e. The highest BCUT2D eigenvalue weighted by atomic mass is 32.2. The number of carboxylic acid groups (broad SMARTS) is 1. The summed E-state index contributed by atoms with van der Waals surface area (Å²) in [5.41, 5.74) is 5.29. The molecule has 0 aromatic carbocycles. The molecule has 0 spiro atoms. The molecule has 1 aromatic heterocycles. The Morgan fingerprint density at radius 3 is 3.08 bits per heavy atom. The van der Waals surface area contributed by atoms with Crippen LogP contribution >= 0.6 is 23.3 Å². The quantitative estimate of drug-likeness (QED) is 0.698. The Kier molecular flexibility index (Phi) is 4.13. The average molecular weight is 219 g/mol. The maximum atomic E-state index is 10.7. The van der Waals surface area contributed by atoms with Gasteiger partial charge in [-0.25, -0.2) is 4.98 Å². The zero-order valence-electron chi connectivity index (χ0n) is 6.71. The van der Waals surface area contributed by atoms with Crippen molar-refractivity contribution in [3.8, 4) is 0 Å². The van der Waals surface area contributed by atoms with Gasteiger partial charge in [0.05, 0.1) is 0 Å². The molecule has 0 saturated heterocycles. The van der Waals surface area contributed by atoms with Crippen LogP contribution in [0.15, 0.2) is 10.7 Å². The third-order valence-corrected chi connectivity index (χ3v) is 3.29. The smallest absolute Gasteiger partial charge is 0.317 e. The molecule has 0 aliphatic carbocycles. The Morgan fingerprint density at radius 2 is 2.62 bits per heavy atom. The summed E-state index contributed by atoms with van der Waals surface area (Å²) in [6, 6.07) is 0. The molecule has 1 rings (SSSR count). The summed E-state index contributed by atoms with van der Waals surface area (Å²) >= 11 is 2.39. The molecule has 3 N–H and O–H groups in total. The van der Waals surface area contributed by atoms with Crippen molar-refractivity contribution in [2.45, 2.75) is 16.0 Å². The van der Waals surface area contributed by atoms with Crippen LogP contribution in [0.4, 0.5) is 0 Å². The topological polar surface area (TPSA) is 89.1 Å². The fourth-order valence-corrected chi connectivity index (χ4v) is 2.36. The zero-order valence-corrected chi connectivity index (χ0v) is 8.35. The molecule has 7 heteroatoms. The summed E-state index contributed by atoms with van der Waals surface area (Å²) in [6.45, 7) is 0.364. The van der Waals surface area contributed by atoms with Gasteiger partial charge in [0.25, 0.3) is 0 Å². The lowest BCUT2D eigenvalue weighted by molar-refractivity contribution is -0.136. The summed E-state index contributed by atoms with van der Waals surface area (Å²) in [6.07, 6.45) is 1.86. The Balaban J connectivity index is 2.52. The molecule has 72 valence electrons. The molecule has 0 radical (unpaired) electrons. The van der Waals surface area contributed by atoms with E-state index in [4.69, 9.17) is 10.8 Å². The van der Waals surface area contributed by atoms with Crippen molar-refractivity contribution >= 4 is 29.3 Å². The minimum atomic E-state index is -0.856. The third-order valence-electron chi connectivity index (χ3n) is 1.29. The zero-order chi connectivity index (χ0) is 9.68. The van der Waals surface area contributed by atoms with Gasteiger partial charge in [-0.3, -0.25) is 4.79 Å². The monoisotopic (exact) mass is 219 g/mol. The number of nitrogens with two attached hydrogens (primary N) is 1. The number of carboxylic acids is 1. The Labute approximate surface area is 83.5 Å². The molecule has 1 heterocycles. The average Bonchev–Trinajstić information content (AvgIpc) is 2.56. The Bertz CT molecular complexity index is 265. The number of aromatic nitrogens is 2. The first kappa shape index (κ1) is 10.4. The number of carbonyl (C=O) groups is 1. The molecule has 0 saturated carbocycles. The van der Waals surface area contributed by atoms with Crippen LogP contribution in [0.3, 0.4) is 0 Å². The van der Waals surface area contributed by atoms with E-state index in [-0.39, 0.29) is 0 Å². The number of nitrogens with zero attached hydrogens (tertiary/aromatic N) is 2. The van der Waals surface area contributed by atoms with E-state index < -0.39 is 11.2 Å². The van der Waals surface area contributed by atoms with Crippen molar-refractivity contribution < 1.29 is 9.90 Å². The molecule has 5 nitrogen and oxygen atoms in total. The maximum absolute atomic E-state index is 10.7. The van der Waals surface area contributed by atoms with Gasteiger partial charge in [0.1, 0.15) is 11.6 Å². The van der Waals surface area contributed by atoms with Crippen LogP contribution in [0.5, 0.6) is 0 Å². The molecule has 0 amide bonds. The fourth-order valence-electron chi connectivity index (χ4n) is 0.721. The van der Waals surface area contributed by atoms with Gasteiger partial charge in [-0.2, -0.15) is 4.37 Å². The standard InChI is InChI=1S/C6H9N3O2S2/c7-2-1-4(5(10)11)12-6-8-3-9-13-6/h3-4H,1-2,7H2,(H,10,11). The summed E-state index contributed by atoms with van der Waals surface area (Å²) in [5, 5.41) is 8.27. The van der Waals surface area contributed by atoms with Crippen LogP contribution in [0, 0.1) is 0 Å². The highest BCUT2D eigenvalue weighted by Gasteiger charge is 2.19. The number of rotatable bonds is 5. The van der Waals surface area contributed by atoms with Crippen LogP contribution in [-0.4, -0.2) is 32.2 Å². The number of thioether (sulfide) groups is 1. The molecule has 13 heavy (non-hydrogen) atoms. The van der Waals surface area contributed by atoms with E-state index in [1.54, 1.807) is 0 Å². The first-order chi connectivity index (χ1) is 6.24. The van der Waals surface area contributed by atoms with Crippen molar-refractivity contribution in [2.24, 2.45) is 5.73 Å². The second-order valence-electron chi connectivity index (χ2n) is 2.23. The predicted octanol–water partition coefficient (Wildman–Crippen LogP) is 0.432. The number of hydrogen-bond acceptors (Lipinski definition) is 6. The second-order valence-corrected chi connectivity index (χ2v) is 4.46. The first-order valence-electron chi connectivity index (χ1n) is 3.60. The van der Waals surface area contributed by atoms with E-state index in [1.165, 1.54) is 29.6 Å². The summed E-state index contributed by atoms with van der Waals surface area (Å²) in [5.74, 6) is -0.856. The predicted molar refractivity (Wildman–Crippen MR) is 50.9 cm³/mol. The first-order valence-corrected chi connectivity index (χ1v) is 5.25. The second kappa shape index (κ2) is 5.15. The Hall–Kier alpha value is -0.660. The van der Waals surface area contributed by atoms with E-state index in [0.717, 1.165) is 0 Å². The van der Waals surface area contributed by atoms with E-state index in [9.17, 15) is 4.79 Å². The van der Waals surface area contributed by atoms with E-state index in [0.29, 0.717) is 17.3 Å². The van der Waals surface area contributed by atoms with Gasteiger partial charge in [-0.1, -0.05) is 11.8 Å². The summed E-state index contributed by atoms with van der Waals surface area (Å²) in [7, 11) is 0. The van der Waals surface area contributed by atoms with Gasteiger partial charge in [0.2, 0.25) is 0 Å². The minimum Gasteiger partial charge on any atom is -0.480 e. The van der Waals surface area contributed by atoms with Crippen molar-refractivity contribution in [1.29, 1.82) is 0 Å². The van der Waals surface area contributed by atoms with Gasteiger partial charge in [-0.15, -0.1) is 0 Å². The van der Waals surface area contributed by atoms with E-state index in [2.05, 4.69) is 9.36 Å². The van der Waals surface area contributed by atoms with Crippen LogP contribution in [0.2, 0.25) is 0 Å². The lowest BCUT2D eigenvalue weighted by atomic mass is 10.3. The molecule has 0 bridgehead atoms. The molecule has 0 fully saturated rings. The number of aliphatic carboxylic acids is 1. The lowest BCUT2D eigenvalue weighted by Crippen LogP contribution is -2.20. The normalized spacial score (nSPS) is 12.7. The highest BCUT2D eigenvalue weighted by Crippen LogP contribution is 2.25. The lowest BCUT2D eigenvalue weighted by Gasteiger charge is -2.06. The van der Waals surface area contributed by atoms with Crippen LogP contribution in [0.25, 0.3) is 0 Å². The third kappa shape index (κ3) is 3.29. The van der Waals surface area contributed by atoms with Crippen molar-refractivity contribution in [1.82, 2.24) is 9.36 Å². The summed E-state index contributed by atoms with van der Waals surface area (Å²) < 4.78 is 4.45. The van der Waals surface area contributed by atoms with Crippen LogP contribution < -0.4 is 5.73 Å². The maximum Gasteiger partial charge on any atom is 0.317 e. The molecule has 0 aliphatic heterocycles. The van der Waals surface area contributed by atoms with Gasteiger partial charge in [0, 0.05) is 0 Å². The molecule has 0 aliphatic rings. The van der Waals surface area contributed by atoms with Gasteiger partial charge < -0.3 is 10.8 Å². The summed E-state index contributed by atoms with van der Waals surface area (Å²) in [4.78, 5) is 14.6. The van der Waals surface area contributed by atoms with Gasteiger partial charge in [0.15, 0.2) is 4.34 Å². The van der Waals surface area contributed by atoms with Gasteiger partial charge in [-0.05, 0) is 24.5 Å². The highest BCUT2D eigenvalue weighted by molar-refractivity contribution is 8.02. The van der Waals surface area contributed by atoms with Crippen molar-refractivity contribution in [3.63, 3.8) is 0 Å². The van der Waals surface area contributed by atoms with Gasteiger partial charge >= 0.3 is 5.97 Å². The molecular formula is C6H9N3O2S2. The molecule has 1 aromatic rings. The SMILES string of the molecule is NCCC(Sc1ncns1)C(=O)O. The molecule has 1 atom stereocenters. The van der Waals surface area contributed by atoms with E-state index in [1.807, 2.05) is 0 Å². The van der Waals surface area contributed by atoms with Crippen molar-refractivity contribution in [3.05, 3.63) is 6.33 Å². The van der Waals surface area contributed by atoms with Crippen LogP contribution in [0.1, 0.15) is 6.42 Å². The van der Waals surface area contributed by atoms with Crippen molar-refractivity contribution in [2.75, 3.05) is 6.54 Å². The Morgan fingerprint density at radius 1 is 1.85 bits per heavy atom. The minimum absolute atomic E-state index is 0.364. The molecule has 1 unspecified atom stereocenters. The fraction of sp³-hybridized carbons (Fsp3) is 0.500. The van der Waals surface area contributed by atoms with Crippen LogP contribution in [-0.2, 0) is 4.79 Å². The number of hydrogen-bond donors (Lipinski definition) is 2. The van der Waals surface area contributed by atoms with E-state index >= 15 is 0 Å².